The molecule has 1 aromatic carbocycles. The fourth-order valence-corrected chi connectivity index (χ4v) is 2.10. The number of nitrogen functional groups attached to an aromatic ring is 1. The first-order valence-electron chi connectivity index (χ1n) is 6.37. The van der Waals surface area contributed by atoms with E-state index in [2.05, 4.69) is 17.0 Å². The van der Waals surface area contributed by atoms with E-state index in [1.54, 1.807) is 7.11 Å². The van der Waals surface area contributed by atoms with E-state index in [1.165, 1.54) is 18.4 Å². The molecule has 0 spiro atoms. The monoisotopic (exact) mass is 234 g/mol. The highest BCUT2D eigenvalue weighted by Crippen LogP contribution is 2.28. The Morgan fingerprint density at radius 2 is 2.00 bits per heavy atom. The fourth-order valence-electron chi connectivity index (χ4n) is 2.10. The van der Waals surface area contributed by atoms with Crippen molar-refractivity contribution in [3.05, 3.63) is 29.8 Å². The van der Waals surface area contributed by atoms with Gasteiger partial charge in [-0.05, 0) is 37.0 Å². The zero-order valence-electron chi connectivity index (χ0n) is 10.6. The standard InChI is InChI=1S/C14H22N2O/c1-17-10-2-9-16(14-7-8-14)11-12-3-5-13(15)6-4-12/h3-6,14H,2,7-11,15H2,1H3. The minimum absolute atomic E-state index is 0.796. The van der Waals surface area contributed by atoms with Gasteiger partial charge in [0.2, 0.25) is 0 Å². The van der Waals surface area contributed by atoms with Crippen LogP contribution in [0.4, 0.5) is 5.69 Å². The zero-order chi connectivity index (χ0) is 12.1. The molecule has 3 nitrogen and oxygen atoms in total. The minimum atomic E-state index is 0.796. The van der Waals surface area contributed by atoms with E-state index in [-0.39, 0.29) is 0 Å². The normalized spacial score (nSPS) is 15.4. The lowest BCUT2D eigenvalue weighted by atomic mass is 10.2. The lowest BCUT2D eigenvalue weighted by Crippen LogP contribution is -2.27. The summed E-state index contributed by atoms with van der Waals surface area (Å²) >= 11 is 0. The summed E-state index contributed by atoms with van der Waals surface area (Å²) in [5, 5.41) is 0. The Kier molecular flexibility index (Phi) is 4.40. The van der Waals surface area contributed by atoms with Gasteiger partial charge in [-0.2, -0.15) is 0 Å². The van der Waals surface area contributed by atoms with Gasteiger partial charge < -0.3 is 10.5 Å². The first kappa shape index (κ1) is 12.4. The summed E-state index contributed by atoms with van der Waals surface area (Å²) in [6.45, 7) is 3.02. The molecule has 0 unspecified atom stereocenters. The Morgan fingerprint density at radius 3 is 2.59 bits per heavy atom. The summed E-state index contributed by atoms with van der Waals surface area (Å²) in [4.78, 5) is 2.56. The van der Waals surface area contributed by atoms with Crippen molar-refractivity contribution in [1.82, 2.24) is 4.90 Å². The Labute approximate surface area is 104 Å². The fraction of sp³-hybridized carbons (Fsp3) is 0.571. The average Bonchev–Trinajstić information content (AvgIpc) is 3.15. The topological polar surface area (TPSA) is 38.5 Å². The smallest absolute Gasteiger partial charge is 0.0474 e. The molecule has 1 aromatic rings. The molecule has 2 N–H and O–H groups in total. The second-order valence-corrected chi connectivity index (χ2v) is 4.79. The van der Waals surface area contributed by atoms with Gasteiger partial charge in [0.05, 0.1) is 0 Å². The molecular weight excluding hydrogens is 212 g/mol. The third-order valence-corrected chi connectivity index (χ3v) is 3.22. The molecule has 0 aromatic heterocycles. The molecule has 2 rings (SSSR count). The van der Waals surface area contributed by atoms with Crippen molar-refractivity contribution < 1.29 is 4.74 Å². The number of rotatable bonds is 7. The predicted octanol–water partition coefficient (Wildman–Crippen LogP) is 2.27. The molecule has 1 aliphatic carbocycles. The predicted molar refractivity (Wildman–Crippen MR) is 70.8 cm³/mol. The summed E-state index contributed by atoms with van der Waals surface area (Å²) in [6, 6.07) is 9.01. The molecule has 0 aliphatic heterocycles. The highest BCUT2D eigenvalue weighted by atomic mass is 16.5. The molecule has 0 atom stereocenters. The van der Waals surface area contributed by atoms with E-state index in [1.807, 2.05) is 12.1 Å². The molecule has 3 heteroatoms. The number of hydrogen-bond acceptors (Lipinski definition) is 3. The lowest BCUT2D eigenvalue weighted by Gasteiger charge is -2.21. The summed E-state index contributed by atoms with van der Waals surface area (Å²) < 4.78 is 5.12. The van der Waals surface area contributed by atoms with Crippen LogP contribution < -0.4 is 5.73 Å². The summed E-state index contributed by atoms with van der Waals surface area (Å²) in [5.41, 5.74) is 7.89. The van der Waals surface area contributed by atoms with Crippen LogP contribution in [0, 0.1) is 0 Å². The Hall–Kier alpha value is -1.06. The van der Waals surface area contributed by atoms with Crippen LogP contribution in [0.2, 0.25) is 0 Å². The van der Waals surface area contributed by atoms with E-state index in [9.17, 15) is 0 Å². The van der Waals surface area contributed by atoms with Crippen LogP contribution in [0.1, 0.15) is 24.8 Å². The van der Waals surface area contributed by atoms with Crippen molar-refractivity contribution in [1.29, 1.82) is 0 Å². The molecule has 0 bridgehead atoms. The third kappa shape index (κ3) is 4.02. The number of nitrogens with two attached hydrogens (primary N) is 1. The largest absolute Gasteiger partial charge is 0.399 e. The summed E-state index contributed by atoms with van der Waals surface area (Å²) in [5.74, 6) is 0. The quantitative estimate of drug-likeness (QED) is 0.581. The van der Waals surface area contributed by atoms with Crippen LogP contribution in [-0.4, -0.2) is 31.2 Å². The molecule has 0 saturated heterocycles. The molecule has 1 saturated carbocycles. The average molecular weight is 234 g/mol. The van der Waals surface area contributed by atoms with Crippen LogP contribution in [-0.2, 0) is 11.3 Å². The van der Waals surface area contributed by atoms with E-state index >= 15 is 0 Å². The van der Waals surface area contributed by atoms with Gasteiger partial charge in [-0.1, -0.05) is 12.1 Å². The molecule has 0 heterocycles. The summed E-state index contributed by atoms with van der Waals surface area (Å²) in [6.07, 6.45) is 3.81. The maximum Gasteiger partial charge on any atom is 0.0474 e. The Bertz CT molecular complexity index is 333. The van der Waals surface area contributed by atoms with Gasteiger partial charge >= 0.3 is 0 Å². The van der Waals surface area contributed by atoms with Gasteiger partial charge in [-0.25, -0.2) is 0 Å². The third-order valence-electron chi connectivity index (χ3n) is 3.22. The van der Waals surface area contributed by atoms with Gasteiger partial charge in [-0.3, -0.25) is 4.90 Å². The van der Waals surface area contributed by atoms with Gasteiger partial charge in [-0.15, -0.1) is 0 Å². The molecule has 94 valence electrons. The van der Waals surface area contributed by atoms with Crippen molar-refractivity contribution in [3.63, 3.8) is 0 Å². The number of ether oxygens (including phenoxy) is 1. The minimum Gasteiger partial charge on any atom is -0.399 e. The van der Waals surface area contributed by atoms with Crippen LogP contribution in [0.15, 0.2) is 24.3 Å². The van der Waals surface area contributed by atoms with Gasteiger partial charge in [0.1, 0.15) is 0 Å². The molecule has 17 heavy (non-hydrogen) atoms. The second kappa shape index (κ2) is 6.03. The van der Waals surface area contributed by atoms with Crippen LogP contribution in [0.3, 0.4) is 0 Å². The van der Waals surface area contributed by atoms with Crippen molar-refractivity contribution in [2.75, 3.05) is 26.0 Å². The molecule has 1 fully saturated rings. The van der Waals surface area contributed by atoms with E-state index in [0.717, 1.165) is 37.8 Å². The van der Waals surface area contributed by atoms with E-state index in [0.29, 0.717) is 0 Å². The maximum absolute atomic E-state index is 5.70. The molecular formula is C14H22N2O. The molecule has 0 radical (unpaired) electrons. The zero-order valence-corrected chi connectivity index (χ0v) is 10.6. The van der Waals surface area contributed by atoms with Crippen LogP contribution >= 0.6 is 0 Å². The van der Waals surface area contributed by atoms with Gasteiger partial charge in [0.25, 0.3) is 0 Å². The Balaban J connectivity index is 1.86. The molecule has 0 amide bonds. The highest BCUT2D eigenvalue weighted by Gasteiger charge is 2.28. The first-order valence-corrected chi connectivity index (χ1v) is 6.37. The number of benzene rings is 1. The van der Waals surface area contributed by atoms with E-state index in [4.69, 9.17) is 10.5 Å². The molecule has 1 aliphatic rings. The van der Waals surface area contributed by atoms with E-state index < -0.39 is 0 Å². The van der Waals surface area contributed by atoms with Crippen molar-refractivity contribution in [2.45, 2.75) is 31.8 Å². The van der Waals surface area contributed by atoms with Crippen molar-refractivity contribution in [2.24, 2.45) is 0 Å². The van der Waals surface area contributed by atoms with Gasteiger partial charge in [0.15, 0.2) is 0 Å². The van der Waals surface area contributed by atoms with Crippen molar-refractivity contribution >= 4 is 5.69 Å². The summed E-state index contributed by atoms with van der Waals surface area (Å²) in [7, 11) is 1.77. The Morgan fingerprint density at radius 1 is 1.29 bits per heavy atom. The van der Waals surface area contributed by atoms with Crippen LogP contribution in [0.5, 0.6) is 0 Å². The number of nitrogens with zero attached hydrogens (tertiary/aromatic N) is 1. The highest BCUT2D eigenvalue weighted by molar-refractivity contribution is 5.39. The van der Waals surface area contributed by atoms with Gasteiger partial charge in [0, 0.05) is 38.5 Å². The lowest BCUT2D eigenvalue weighted by molar-refractivity contribution is 0.166. The number of anilines is 1. The van der Waals surface area contributed by atoms with Crippen molar-refractivity contribution in [3.8, 4) is 0 Å². The SMILES string of the molecule is COCCCN(Cc1ccc(N)cc1)C1CC1. The number of methoxy groups -OCH3 is 1. The second-order valence-electron chi connectivity index (χ2n) is 4.79. The number of hydrogen-bond donors (Lipinski definition) is 1. The maximum atomic E-state index is 5.70. The first-order chi connectivity index (χ1) is 8.29. The van der Waals surface area contributed by atoms with Crippen LogP contribution in [0.25, 0.3) is 0 Å².